The van der Waals surface area contributed by atoms with Crippen molar-refractivity contribution in [3.63, 3.8) is 0 Å². The third-order valence-corrected chi connectivity index (χ3v) is 5.89. The van der Waals surface area contributed by atoms with Gasteiger partial charge in [-0.25, -0.2) is 9.59 Å². The number of rotatable bonds is 8. The van der Waals surface area contributed by atoms with Gasteiger partial charge < -0.3 is 24.3 Å². The molecule has 1 saturated heterocycles. The summed E-state index contributed by atoms with van der Waals surface area (Å²) in [6.07, 6.45) is 0.118. The van der Waals surface area contributed by atoms with Crippen LogP contribution in [0.2, 0.25) is 0 Å². The van der Waals surface area contributed by atoms with E-state index >= 15 is 0 Å². The summed E-state index contributed by atoms with van der Waals surface area (Å²) in [5, 5.41) is 8.79. The van der Waals surface area contributed by atoms with E-state index in [0.717, 1.165) is 31.5 Å². The van der Waals surface area contributed by atoms with Crippen LogP contribution < -0.4 is 19.9 Å². The van der Waals surface area contributed by atoms with Crippen molar-refractivity contribution in [2.45, 2.75) is 39.3 Å². The number of nitrogens with one attached hydrogen (secondary N) is 1. The predicted octanol–water partition coefficient (Wildman–Crippen LogP) is 4.16. The quantitative estimate of drug-likeness (QED) is 0.374. The Morgan fingerprint density at radius 1 is 1.12 bits per heavy atom. The Labute approximate surface area is 195 Å². The Morgan fingerprint density at radius 3 is 2.35 bits per heavy atom. The van der Waals surface area contributed by atoms with Gasteiger partial charge in [0.05, 0.1) is 24.2 Å². The van der Waals surface area contributed by atoms with Crippen LogP contribution in [-0.2, 0) is 6.54 Å². The maximum absolute atomic E-state index is 14.5. The zero-order valence-corrected chi connectivity index (χ0v) is 19.2. The second kappa shape index (κ2) is 10.2. The number of fused-ring (bicyclic) bond motifs is 1. The van der Waals surface area contributed by atoms with Gasteiger partial charge in [-0.2, -0.15) is 4.39 Å². The molecule has 3 aromatic rings. The number of hydrogen-bond acceptors (Lipinski definition) is 6. The van der Waals surface area contributed by atoms with E-state index in [1.165, 1.54) is 12.1 Å². The highest BCUT2D eigenvalue weighted by molar-refractivity contribution is 5.78. The number of halogens is 1. The fraction of sp³-hybridized carbons (Fsp3) is 0.417. The molecular weight excluding hydrogens is 445 g/mol. The minimum Gasteiger partial charge on any atom is -0.491 e. The summed E-state index contributed by atoms with van der Waals surface area (Å²) in [4.78, 5) is 28.5. The largest absolute Gasteiger partial charge is 0.511 e. The number of nitrogens with zero attached hydrogens (tertiary/aromatic N) is 2. The van der Waals surface area contributed by atoms with Crippen molar-refractivity contribution in [2.24, 2.45) is 0 Å². The highest BCUT2D eigenvalue weighted by Gasteiger charge is 2.24. The molecule has 0 aliphatic carbocycles. The molecule has 34 heavy (non-hydrogen) atoms. The number of aromatic nitrogens is 2. The van der Waals surface area contributed by atoms with E-state index in [2.05, 4.69) is 14.6 Å². The molecular formula is C24H28FN3O6. The van der Waals surface area contributed by atoms with Crippen LogP contribution in [0.3, 0.4) is 0 Å². The molecule has 0 amide bonds. The highest BCUT2D eigenvalue weighted by Crippen LogP contribution is 2.31. The minimum absolute atomic E-state index is 0.00920. The molecule has 1 fully saturated rings. The lowest BCUT2D eigenvalue weighted by Crippen LogP contribution is -2.36. The normalized spacial score (nSPS) is 14.9. The van der Waals surface area contributed by atoms with Gasteiger partial charge in [0.1, 0.15) is 5.75 Å². The molecule has 0 atom stereocenters. The second-order valence-corrected chi connectivity index (χ2v) is 8.13. The molecule has 0 saturated carbocycles. The summed E-state index contributed by atoms with van der Waals surface area (Å²) in [5.74, 6) is 0.0481. The van der Waals surface area contributed by atoms with Gasteiger partial charge in [-0.15, -0.1) is 0 Å². The van der Waals surface area contributed by atoms with Crippen LogP contribution in [0.15, 0.2) is 35.1 Å². The van der Waals surface area contributed by atoms with Crippen molar-refractivity contribution in [3.8, 4) is 17.2 Å². The summed E-state index contributed by atoms with van der Waals surface area (Å²) in [6, 6.07) is 8.19. The average molecular weight is 474 g/mol. The van der Waals surface area contributed by atoms with Gasteiger partial charge in [-0.05, 0) is 56.5 Å². The molecule has 1 aliphatic rings. The Kier molecular flexibility index (Phi) is 7.06. The first-order valence-corrected chi connectivity index (χ1v) is 11.3. The zero-order chi connectivity index (χ0) is 24.2. The van der Waals surface area contributed by atoms with Crippen LogP contribution in [0.5, 0.6) is 17.2 Å². The molecule has 182 valence electrons. The molecule has 2 aromatic carbocycles. The van der Waals surface area contributed by atoms with Crippen molar-refractivity contribution in [1.29, 1.82) is 0 Å². The molecule has 0 unspecified atom stereocenters. The first-order valence-electron chi connectivity index (χ1n) is 11.3. The number of aromatic amines is 1. The number of piperidine rings is 1. The Bertz CT molecular complexity index is 1200. The van der Waals surface area contributed by atoms with Crippen molar-refractivity contribution < 1.29 is 28.5 Å². The van der Waals surface area contributed by atoms with Crippen LogP contribution in [0.1, 0.15) is 38.3 Å². The van der Waals surface area contributed by atoms with Crippen LogP contribution in [0.4, 0.5) is 9.18 Å². The molecule has 9 nitrogen and oxygen atoms in total. The minimum atomic E-state index is -1.41. The van der Waals surface area contributed by atoms with Crippen molar-refractivity contribution >= 4 is 17.2 Å². The van der Waals surface area contributed by atoms with E-state index in [4.69, 9.17) is 14.6 Å². The van der Waals surface area contributed by atoms with Gasteiger partial charge in [-0.1, -0.05) is 0 Å². The maximum Gasteiger partial charge on any atom is 0.511 e. The predicted molar refractivity (Wildman–Crippen MR) is 123 cm³/mol. The van der Waals surface area contributed by atoms with Gasteiger partial charge in [0.25, 0.3) is 0 Å². The van der Waals surface area contributed by atoms with E-state index in [0.29, 0.717) is 30.8 Å². The van der Waals surface area contributed by atoms with Gasteiger partial charge in [0.2, 0.25) is 5.82 Å². The Morgan fingerprint density at radius 2 is 1.76 bits per heavy atom. The average Bonchev–Trinajstić information content (AvgIpc) is 3.12. The Balaban J connectivity index is 1.47. The van der Waals surface area contributed by atoms with E-state index in [-0.39, 0.29) is 29.0 Å². The zero-order valence-electron chi connectivity index (χ0n) is 19.2. The fourth-order valence-corrected chi connectivity index (χ4v) is 4.47. The van der Waals surface area contributed by atoms with E-state index in [1.54, 1.807) is 22.8 Å². The molecule has 2 heterocycles. The molecule has 1 aromatic heterocycles. The van der Waals surface area contributed by atoms with Crippen molar-refractivity contribution in [2.75, 3.05) is 26.3 Å². The molecule has 0 bridgehead atoms. The van der Waals surface area contributed by atoms with Crippen LogP contribution in [0, 0.1) is 5.82 Å². The topological polar surface area (TPSA) is 106 Å². The first kappa shape index (κ1) is 23.6. The summed E-state index contributed by atoms with van der Waals surface area (Å²) >= 11 is 0. The summed E-state index contributed by atoms with van der Waals surface area (Å²) < 4.78 is 31.8. The lowest BCUT2D eigenvalue weighted by atomic mass is 10.0. The number of carboxylic acid groups (broad SMARTS) is 1. The lowest BCUT2D eigenvalue weighted by Gasteiger charge is -2.32. The van der Waals surface area contributed by atoms with Crippen molar-refractivity contribution in [1.82, 2.24) is 14.5 Å². The molecule has 2 N–H and O–H groups in total. The third kappa shape index (κ3) is 5.01. The summed E-state index contributed by atoms with van der Waals surface area (Å²) in [6.45, 7) is 6.48. The lowest BCUT2D eigenvalue weighted by molar-refractivity contribution is 0.144. The summed E-state index contributed by atoms with van der Waals surface area (Å²) in [7, 11) is 0. The summed E-state index contributed by atoms with van der Waals surface area (Å²) in [5.41, 5.74) is 1.91. The maximum atomic E-state index is 14.5. The van der Waals surface area contributed by atoms with Crippen LogP contribution in [-0.4, -0.2) is 52.0 Å². The number of ether oxygens (including phenoxy) is 3. The van der Waals surface area contributed by atoms with Crippen LogP contribution >= 0.6 is 0 Å². The molecule has 1 aliphatic heterocycles. The third-order valence-electron chi connectivity index (χ3n) is 5.89. The standard InChI is InChI=1S/C24H28FN3O6/c1-3-32-20-11-15(12-21(22(20)25)33-4-2)14-27-9-7-16(8-10-27)28-19-6-5-17(34-24(30)31)13-18(19)26-23(28)29/h5-6,11-13,16H,3-4,7-10,14H2,1-2H3,(H,26,29)(H,30,31). The smallest absolute Gasteiger partial charge is 0.491 e. The number of hydrogen-bond donors (Lipinski definition) is 2. The first-order chi connectivity index (χ1) is 16.4. The van der Waals surface area contributed by atoms with E-state index in [1.807, 2.05) is 13.8 Å². The van der Waals surface area contributed by atoms with Gasteiger partial charge in [-0.3, -0.25) is 9.47 Å². The number of carbonyl (C=O) groups is 1. The number of H-pyrrole nitrogens is 1. The van der Waals surface area contributed by atoms with Gasteiger partial charge in [0, 0.05) is 31.7 Å². The number of likely N-dealkylation sites (tertiary alicyclic amines) is 1. The molecule has 0 spiro atoms. The SMILES string of the molecule is CCOc1cc(CN2CCC(n3c(=O)[nH]c4cc(OC(=O)O)ccc43)CC2)cc(OCC)c1F. The van der Waals surface area contributed by atoms with Gasteiger partial charge >= 0.3 is 11.8 Å². The van der Waals surface area contributed by atoms with Crippen LogP contribution in [0.25, 0.3) is 11.0 Å². The molecule has 0 radical (unpaired) electrons. The number of benzene rings is 2. The van der Waals surface area contributed by atoms with Gasteiger partial charge in [0.15, 0.2) is 11.5 Å². The molecule has 10 heteroatoms. The second-order valence-electron chi connectivity index (χ2n) is 8.13. The Hall–Kier alpha value is -3.53. The monoisotopic (exact) mass is 473 g/mol. The molecule has 4 rings (SSSR count). The van der Waals surface area contributed by atoms with Crippen molar-refractivity contribution in [3.05, 3.63) is 52.2 Å². The fourth-order valence-electron chi connectivity index (χ4n) is 4.47. The number of imidazole rings is 1. The van der Waals surface area contributed by atoms with E-state index in [9.17, 15) is 14.0 Å². The van der Waals surface area contributed by atoms with E-state index < -0.39 is 12.0 Å². The highest BCUT2D eigenvalue weighted by atomic mass is 19.1.